The molecule has 0 aliphatic heterocycles. The number of carbonyl (C=O) groups excluding carboxylic acids is 1. The van der Waals surface area contributed by atoms with E-state index in [9.17, 15) is 4.79 Å². The van der Waals surface area contributed by atoms with E-state index in [-0.39, 0.29) is 5.91 Å². The lowest BCUT2D eigenvalue weighted by Gasteiger charge is -2.30. The second-order valence-electron chi connectivity index (χ2n) is 5.23. The first-order valence-corrected chi connectivity index (χ1v) is 6.46. The zero-order chi connectivity index (χ0) is 12.6. The van der Waals surface area contributed by atoms with Gasteiger partial charge in [0, 0.05) is 6.54 Å². The fourth-order valence-corrected chi connectivity index (χ4v) is 1.67. The van der Waals surface area contributed by atoms with Crippen molar-refractivity contribution in [1.29, 1.82) is 0 Å². The molecule has 0 aromatic carbocycles. The zero-order valence-corrected chi connectivity index (χ0v) is 11.4. The van der Waals surface area contributed by atoms with Gasteiger partial charge in [-0.25, -0.2) is 0 Å². The van der Waals surface area contributed by atoms with Gasteiger partial charge in [-0.05, 0) is 39.8 Å². The van der Waals surface area contributed by atoms with Crippen molar-refractivity contribution >= 4 is 5.91 Å². The summed E-state index contributed by atoms with van der Waals surface area (Å²) in [6.45, 7) is 11.2. The van der Waals surface area contributed by atoms with Crippen LogP contribution in [0.1, 0.15) is 53.4 Å². The fraction of sp³-hybridized carbons (Fsp3) is 0.923. The molecule has 0 aliphatic carbocycles. The van der Waals surface area contributed by atoms with Gasteiger partial charge in [0.15, 0.2) is 0 Å². The molecular formula is C13H28N2O. The van der Waals surface area contributed by atoms with Gasteiger partial charge in [0.25, 0.3) is 0 Å². The first-order valence-electron chi connectivity index (χ1n) is 6.46. The minimum absolute atomic E-state index is 0.203. The van der Waals surface area contributed by atoms with Crippen LogP contribution in [0.2, 0.25) is 0 Å². The van der Waals surface area contributed by atoms with E-state index < -0.39 is 5.41 Å². The molecule has 96 valence electrons. The summed E-state index contributed by atoms with van der Waals surface area (Å²) >= 11 is 0. The Labute approximate surface area is 100 Å². The average Bonchev–Trinajstić information content (AvgIpc) is 2.21. The van der Waals surface area contributed by atoms with Gasteiger partial charge in [-0.1, -0.05) is 26.7 Å². The molecular weight excluding hydrogens is 200 g/mol. The van der Waals surface area contributed by atoms with Crippen molar-refractivity contribution in [2.24, 2.45) is 11.1 Å². The Bertz CT molecular complexity index is 194. The maximum absolute atomic E-state index is 11.3. The average molecular weight is 228 g/mol. The zero-order valence-electron chi connectivity index (χ0n) is 11.4. The van der Waals surface area contributed by atoms with Gasteiger partial charge in [-0.3, -0.25) is 4.79 Å². The molecule has 3 nitrogen and oxygen atoms in total. The molecule has 0 spiro atoms. The predicted octanol–water partition coefficient (Wildman–Crippen LogP) is 2.40. The van der Waals surface area contributed by atoms with Crippen LogP contribution in [-0.4, -0.2) is 30.4 Å². The lowest BCUT2D eigenvalue weighted by Crippen LogP contribution is -2.43. The van der Waals surface area contributed by atoms with Crippen molar-refractivity contribution in [3.63, 3.8) is 0 Å². The number of hydrogen-bond acceptors (Lipinski definition) is 2. The molecule has 0 saturated carbocycles. The smallest absolute Gasteiger partial charge is 0.224 e. The molecule has 0 unspecified atom stereocenters. The minimum atomic E-state index is -0.415. The van der Waals surface area contributed by atoms with Crippen LogP contribution >= 0.6 is 0 Å². The van der Waals surface area contributed by atoms with Crippen LogP contribution in [0.4, 0.5) is 0 Å². The number of amides is 1. The van der Waals surface area contributed by atoms with E-state index >= 15 is 0 Å². The van der Waals surface area contributed by atoms with Crippen LogP contribution in [0.25, 0.3) is 0 Å². The molecule has 0 heterocycles. The van der Waals surface area contributed by atoms with E-state index in [1.54, 1.807) is 0 Å². The van der Waals surface area contributed by atoms with Gasteiger partial charge in [-0.2, -0.15) is 0 Å². The van der Waals surface area contributed by atoms with Gasteiger partial charge in [0.2, 0.25) is 5.91 Å². The van der Waals surface area contributed by atoms with Gasteiger partial charge in [-0.15, -0.1) is 0 Å². The summed E-state index contributed by atoms with van der Waals surface area (Å²) in [6, 6.07) is 0. The molecule has 0 fully saturated rings. The van der Waals surface area contributed by atoms with Crippen molar-refractivity contribution in [1.82, 2.24) is 4.90 Å². The first-order chi connectivity index (χ1) is 7.44. The second kappa shape index (κ2) is 7.66. The number of carbonyl (C=O) groups is 1. The van der Waals surface area contributed by atoms with Crippen molar-refractivity contribution < 1.29 is 4.79 Å². The van der Waals surface area contributed by atoms with E-state index in [0.717, 1.165) is 19.6 Å². The Morgan fingerprint density at radius 3 is 1.88 bits per heavy atom. The van der Waals surface area contributed by atoms with Gasteiger partial charge in [0.1, 0.15) is 0 Å². The van der Waals surface area contributed by atoms with E-state index in [4.69, 9.17) is 5.73 Å². The van der Waals surface area contributed by atoms with E-state index in [0.29, 0.717) is 0 Å². The highest BCUT2D eigenvalue weighted by atomic mass is 16.1. The van der Waals surface area contributed by atoms with Gasteiger partial charge in [0.05, 0.1) is 5.41 Å². The number of nitrogens with zero attached hydrogens (tertiary/aromatic N) is 1. The summed E-state index contributed by atoms with van der Waals surface area (Å²) in [6.07, 6.45) is 4.77. The summed E-state index contributed by atoms with van der Waals surface area (Å²) in [5.41, 5.74) is 5.00. The highest BCUT2D eigenvalue weighted by molar-refractivity contribution is 5.80. The Morgan fingerprint density at radius 2 is 1.56 bits per heavy atom. The van der Waals surface area contributed by atoms with E-state index in [1.807, 2.05) is 13.8 Å². The topological polar surface area (TPSA) is 46.3 Å². The Hall–Kier alpha value is -0.570. The normalized spacial score (nSPS) is 12.1. The Balaban J connectivity index is 4.22. The summed E-state index contributed by atoms with van der Waals surface area (Å²) < 4.78 is 0. The van der Waals surface area contributed by atoms with Crippen molar-refractivity contribution in [2.75, 3.05) is 19.6 Å². The summed E-state index contributed by atoms with van der Waals surface area (Å²) in [4.78, 5) is 13.7. The van der Waals surface area contributed by atoms with Crippen LogP contribution in [0.5, 0.6) is 0 Å². The van der Waals surface area contributed by atoms with E-state index in [1.165, 1.54) is 25.7 Å². The SMILES string of the molecule is CCCCN(CCCC)CC(C)(C)C(N)=O. The number of primary amides is 1. The molecule has 0 atom stereocenters. The fourth-order valence-electron chi connectivity index (χ4n) is 1.67. The maximum Gasteiger partial charge on any atom is 0.224 e. The summed E-state index contributed by atoms with van der Waals surface area (Å²) in [5.74, 6) is -0.203. The number of hydrogen-bond donors (Lipinski definition) is 1. The predicted molar refractivity (Wildman–Crippen MR) is 69.2 cm³/mol. The van der Waals surface area contributed by atoms with Crippen LogP contribution in [0.15, 0.2) is 0 Å². The Morgan fingerprint density at radius 1 is 1.12 bits per heavy atom. The lowest BCUT2D eigenvalue weighted by atomic mass is 9.91. The molecule has 0 aliphatic rings. The number of unbranched alkanes of at least 4 members (excludes halogenated alkanes) is 2. The summed E-state index contributed by atoms with van der Waals surface area (Å²) in [7, 11) is 0. The maximum atomic E-state index is 11.3. The van der Waals surface area contributed by atoms with Crippen molar-refractivity contribution in [2.45, 2.75) is 53.4 Å². The van der Waals surface area contributed by atoms with Crippen LogP contribution in [0.3, 0.4) is 0 Å². The van der Waals surface area contributed by atoms with Crippen LogP contribution < -0.4 is 5.73 Å². The van der Waals surface area contributed by atoms with Crippen LogP contribution in [0, 0.1) is 5.41 Å². The third-order valence-corrected chi connectivity index (χ3v) is 2.94. The molecule has 0 radical (unpaired) electrons. The van der Waals surface area contributed by atoms with E-state index in [2.05, 4.69) is 18.7 Å². The standard InChI is InChI=1S/C13H28N2O/c1-5-7-9-15(10-8-6-2)11-13(3,4)12(14)16/h5-11H2,1-4H3,(H2,14,16). The lowest BCUT2D eigenvalue weighted by molar-refractivity contribution is -0.127. The third kappa shape index (κ3) is 6.11. The highest BCUT2D eigenvalue weighted by Crippen LogP contribution is 2.17. The van der Waals surface area contributed by atoms with Crippen molar-refractivity contribution in [3.05, 3.63) is 0 Å². The molecule has 0 rings (SSSR count). The van der Waals surface area contributed by atoms with Crippen molar-refractivity contribution in [3.8, 4) is 0 Å². The molecule has 0 bridgehead atoms. The third-order valence-electron chi connectivity index (χ3n) is 2.94. The molecule has 1 amide bonds. The van der Waals surface area contributed by atoms with Gasteiger partial charge < -0.3 is 10.6 Å². The first kappa shape index (κ1) is 15.4. The second-order valence-corrected chi connectivity index (χ2v) is 5.23. The monoisotopic (exact) mass is 228 g/mol. The Kier molecular flexibility index (Phi) is 7.39. The van der Waals surface area contributed by atoms with Gasteiger partial charge >= 0.3 is 0 Å². The number of rotatable bonds is 9. The largest absolute Gasteiger partial charge is 0.369 e. The quantitative estimate of drug-likeness (QED) is 0.658. The highest BCUT2D eigenvalue weighted by Gasteiger charge is 2.27. The molecule has 0 aromatic rings. The molecule has 3 heteroatoms. The minimum Gasteiger partial charge on any atom is -0.369 e. The number of nitrogens with two attached hydrogens (primary N) is 1. The van der Waals surface area contributed by atoms with Crippen LogP contribution in [-0.2, 0) is 4.79 Å². The summed E-state index contributed by atoms with van der Waals surface area (Å²) in [5, 5.41) is 0. The molecule has 2 N–H and O–H groups in total. The molecule has 0 saturated heterocycles. The molecule has 0 aromatic heterocycles. The molecule has 16 heavy (non-hydrogen) atoms.